The maximum atomic E-state index is 12.8. The molecule has 0 aliphatic carbocycles. The van der Waals surface area contributed by atoms with Crippen molar-refractivity contribution in [3.63, 3.8) is 0 Å². The van der Waals surface area contributed by atoms with E-state index in [1.54, 1.807) is 37.3 Å². The lowest BCUT2D eigenvalue weighted by Crippen LogP contribution is -2.11. The van der Waals surface area contributed by atoms with Crippen LogP contribution in [0.3, 0.4) is 0 Å². The molecule has 0 aliphatic rings. The molecule has 2 aromatic rings. The number of aromatic nitrogens is 2. The highest BCUT2D eigenvalue weighted by Gasteiger charge is 2.35. The van der Waals surface area contributed by atoms with E-state index in [-0.39, 0.29) is 11.5 Å². The van der Waals surface area contributed by atoms with Gasteiger partial charge < -0.3 is 4.90 Å². The van der Waals surface area contributed by atoms with Crippen LogP contribution in [-0.4, -0.2) is 34.6 Å². The fourth-order valence-electron chi connectivity index (χ4n) is 1.76. The van der Waals surface area contributed by atoms with Crippen molar-refractivity contribution in [1.82, 2.24) is 14.7 Å². The molecule has 4 nitrogen and oxygen atoms in total. The summed E-state index contributed by atoms with van der Waals surface area (Å²) in [5.41, 5.74) is -0.619. The van der Waals surface area contributed by atoms with Crippen molar-refractivity contribution in [2.24, 2.45) is 7.05 Å². The van der Waals surface area contributed by atoms with E-state index in [0.717, 1.165) is 22.1 Å². The zero-order valence-corrected chi connectivity index (χ0v) is 13.0. The number of hydrogen-bond acceptors (Lipinski definition) is 4. The van der Waals surface area contributed by atoms with Crippen LogP contribution >= 0.6 is 11.3 Å². The Morgan fingerprint density at radius 2 is 2.05 bits per heavy atom. The van der Waals surface area contributed by atoms with Crippen LogP contribution in [0.2, 0.25) is 0 Å². The summed E-state index contributed by atoms with van der Waals surface area (Å²) in [7, 11) is 4.82. The number of nitrogens with zero attached hydrogens (tertiary/aromatic N) is 3. The van der Waals surface area contributed by atoms with Crippen molar-refractivity contribution in [2.75, 3.05) is 14.1 Å². The van der Waals surface area contributed by atoms with Crippen molar-refractivity contribution < 1.29 is 18.0 Å². The predicted molar refractivity (Wildman–Crippen MR) is 78.7 cm³/mol. The van der Waals surface area contributed by atoms with E-state index in [1.807, 2.05) is 0 Å². The van der Waals surface area contributed by atoms with E-state index in [1.165, 1.54) is 13.1 Å². The molecule has 22 heavy (non-hydrogen) atoms. The maximum Gasteiger partial charge on any atom is 0.433 e. The monoisotopic (exact) mass is 329 g/mol. The molecule has 0 radical (unpaired) electrons. The van der Waals surface area contributed by atoms with Gasteiger partial charge in [0.1, 0.15) is 11.4 Å². The number of hydrogen-bond donors (Lipinski definition) is 0. The minimum absolute atomic E-state index is 0.197. The number of ketones is 1. The van der Waals surface area contributed by atoms with Crippen LogP contribution in [0.15, 0.2) is 30.5 Å². The summed E-state index contributed by atoms with van der Waals surface area (Å²) >= 11 is 1.12. The number of rotatable bonds is 4. The molecule has 2 rings (SSSR count). The molecule has 0 unspecified atom stereocenters. The number of thiophene rings is 1. The van der Waals surface area contributed by atoms with E-state index in [0.29, 0.717) is 9.75 Å². The second-order valence-electron chi connectivity index (χ2n) is 4.84. The smallest absolute Gasteiger partial charge is 0.383 e. The van der Waals surface area contributed by atoms with Crippen LogP contribution < -0.4 is 0 Å². The fourth-order valence-corrected chi connectivity index (χ4v) is 2.64. The van der Waals surface area contributed by atoms with E-state index in [9.17, 15) is 18.0 Å². The van der Waals surface area contributed by atoms with Gasteiger partial charge in [-0.1, -0.05) is 0 Å². The van der Waals surface area contributed by atoms with Gasteiger partial charge in [-0.15, -0.1) is 11.3 Å². The van der Waals surface area contributed by atoms with E-state index in [2.05, 4.69) is 5.10 Å². The molecular weight excluding hydrogens is 315 g/mol. The number of halogens is 3. The number of allylic oxidation sites excluding steroid dienone is 1. The van der Waals surface area contributed by atoms with Gasteiger partial charge in [0.05, 0.1) is 9.75 Å². The topological polar surface area (TPSA) is 38.1 Å². The summed E-state index contributed by atoms with van der Waals surface area (Å²) in [4.78, 5) is 14.6. The second kappa shape index (κ2) is 5.96. The minimum atomic E-state index is -4.45. The molecule has 0 aliphatic heterocycles. The van der Waals surface area contributed by atoms with E-state index >= 15 is 0 Å². The Labute approximate surface area is 129 Å². The predicted octanol–water partition coefficient (Wildman–Crippen LogP) is 3.43. The van der Waals surface area contributed by atoms with Crippen LogP contribution in [-0.2, 0) is 13.2 Å². The van der Waals surface area contributed by atoms with Gasteiger partial charge in [-0.25, -0.2) is 0 Å². The standard InChI is InChI=1S/C14H14F3N3OS/c1-19(2)7-6-10(21)12-5-4-11(22-12)9-8-13(14(15,16)17)20(3)18-9/h4-8H,1-3H3. The molecule has 2 aromatic heterocycles. The number of alkyl halides is 3. The Bertz CT molecular complexity index is 713. The normalized spacial score (nSPS) is 12.1. The summed E-state index contributed by atoms with van der Waals surface area (Å²) < 4.78 is 39.1. The summed E-state index contributed by atoms with van der Waals surface area (Å²) in [6.07, 6.45) is -1.43. The largest absolute Gasteiger partial charge is 0.433 e. The summed E-state index contributed by atoms with van der Waals surface area (Å²) in [5, 5.41) is 3.86. The first kappa shape index (κ1) is 16.3. The van der Waals surface area contributed by atoms with Gasteiger partial charge in [0, 0.05) is 33.4 Å². The minimum Gasteiger partial charge on any atom is -0.383 e. The molecule has 0 aromatic carbocycles. The average Bonchev–Trinajstić information content (AvgIpc) is 3.01. The van der Waals surface area contributed by atoms with Gasteiger partial charge >= 0.3 is 6.18 Å². The second-order valence-corrected chi connectivity index (χ2v) is 5.93. The summed E-state index contributed by atoms with van der Waals surface area (Å²) in [6, 6.07) is 4.17. The van der Waals surface area contributed by atoms with Gasteiger partial charge in [0.25, 0.3) is 0 Å². The van der Waals surface area contributed by atoms with Gasteiger partial charge in [0.15, 0.2) is 5.78 Å². The first-order chi connectivity index (χ1) is 10.2. The van der Waals surface area contributed by atoms with Crippen molar-refractivity contribution in [1.29, 1.82) is 0 Å². The molecule has 0 spiro atoms. The van der Waals surface area contributed by atoms with Crippen LogP contribution in [0, 0.1) is 0 Å². The molecule has 2 heterocycles. The Morgan fingerprint density at radius 1 is 1.36 bits per heavy atom. The molecule has 0 saturated heterocycles. The summed E-state index contributed by atoms with van der Waals surface area (Å²) in [6.45, 7) is 0. The molecule has 0 bridgehead atoms. The SMILES string of the molecule is CN(C)C=CC(=O)c1ccc(-c2cc(C(F)(F)F)n(C)n2)s1. The zero-order valence-electron chi connectivity index (χ0n) is 12.2. The van der Waals surface area contributed by atoms with Crippen molar-refractivity contribution >= 4 is 17.1 Å². The van der Waals surface area contributed by atoms with Crippen LogP contribution in [0.25, 0.3) is 10.6 Å². The quantitative estimate of drug-likeness (QED) is 0.637. The van der Waals surface area contributed by atoms with E-state index in [4.69, 9.17) is 0 Å². The van der Waals surface area contributed by atoms with Crippen molar-refractivity contribution in [3.05, 3.63) is 41.0 Å². The molecule has 0 fully saturated rings. The number of carbonyl (C=O) groups excluding carboxylic acids is 1. The highest BCUT2D eigenvalue weighted by atomic mass is 32.1. The lowest BCUT2D eigenvalue weighted by atomic mass is 10.3. The molecule has 0 saturated carbocycles. The Kier molecular flexibility index (Phi) is 4.41. The first-order valence-electron chi connectivity index (χ1n) is 6.29. The highest BCUT2D eigenvalue weighted by molar-refractivity contribution is 7.17. The van der Waals surface area contributed by atoms with Gasteiger partial charge in [-0.3, -0.25) is 9.48 Å². The molecule has 0 atom stereocenters. The first-order valence-corrected chi connectivity index (χ1v) is 7.10. The Balaban J connectivity index is 2.27. The number of aryl methyl sites for hydroxylation is 1. The van der Waals surface area contributed by atoms with Crippen molar-refractivity contribution in [3.8, 4) is 10.6 Å². The highest BCUT2D eigenvalue weighted by Crippen LogP contribution is 2.34. The number of carbonyl (C=O) groups is 1. The Morgan fingerprint density at radius 3 is 2.59 bits per heavy atom. The maximum absolute atomic E-state index is 12.8. The van der Waals surface area contributed by atoms with E-state index < -0.39 is 11.9 Å². The average molecular weight is 329 g/mol. The van der Waals surface area contributed by atoms with Gasteiger partial charge in [-0.05, 0) is 18.2 Å². The zero-order chi connectivity index (χ0) is 16.5. The third kappa shape index (κ3) is 3.56. The Hall–Kier alpha value is -2.09. The lowest BCUT2D eigenvalue weighted by molar-refractivity contribution is -0.143. The van der Waals surface area contributed by atoms with Crippen LogP contribution in [0.4, 0.5) is 13.2 Å². The van der Waals surface area contributed by atoms with Crippen LogP contribution in [0.5, 0.6) is 0 Å². The van der Waals surface area contributed by atoms with Crippen molar-refractivity contribution in [2.45, 2.75) is 6.18 Å². The molecule has 8 heteroatoms. The fraction of sp³-hybridized carbons (Fsp3) is 0.286. The molecule has 118 valence electrons. The van der Waals surface area contributed by atoms with Gasteiger partial charge in [0.2, 0.25) is 0 Å². The lowest BCUT2D eigenvalue weighted by Gasteiger charge is -2.04. The third-order valence-corrected chi connectivity index (χ3v) is 3.92. The molecular formula is C14H14F3N3OS. The third-order valence-electron chi connectivity index (χ3n) is 2.80. The van der Waals surface area contributed by atoms with Gasteiger partial charge in [-0.2, -0.15) is 18.3 Å². The van der Waals surface area contributed by atoms with Crippen LogP contribution in [0.1, 0.15) is 15.4 Å². The molecule has 0 N–H and O–H groups in total. The summed E-state index contributed by atoms with van der Waals surface area (Å²) in [5.74, 6) is -0.197. The molecule has 0 amide bonds.